The van der Waals surface area contributed by atoms with Gasteiger partial charge in [-0.1, -0.05) is 83.3 Å². The summed E-state index contributed by atoms with van der Waals surface area (Å²) in [5.41, 5.74) is 0. The molecule has 0 aromatic heterocycles. The van der Waals surface area contributed by atoms with Crippen molar-refractivity contribution in [1.29, 1.82) is 0 Å². The molecule has 0 amide bonds. The first-order valence-electron chi connectivity index (χ1n) is 12.6. The van der Waals surface area contributed by atoms with Crippen LogP contribution in [0.15, 0.2) is 12.2 Å². The Balaban J connectivity index is 1.82. The number of hydrogen-bond acceptors (Lipinski definition) is 5. The van der Waals surface area contributed by atoms with E-state index in [4.69, 9.17) is 14.6 Å². The first-order valence-corrected chi connectivity index (χ1v) is 12.6. The second kappa shape index (κ2) is 19.2. The van der Waals surface area contributed by atoms with E-state index in [2.05, 4.69) is 19.1 Å². The highest BCUT2D eigenvalue weighted by atomic mass is 16.6. The van der Waals surface area contributed by atoms with Crippen LogP contribution in [0.1, 0.15) is 103 Å². The molecule has 0 spiro atoms. The Kier molecular flexibility index (Phi) is 17.7. The highest BCUT2D eigenvalue weighted by Gasteiger charge is 2.40. The zero-order valence-electron chi connectivity index (χ0n) is 19.4. The fourth-order valence-corrected chi connectivity index (χ4v) is 3.97. The van der Waals surface area contributed by atoms with Crippen LogP contribution in [0.25, 0.3) is 0 Å². The lowest BCUT2D eigenvalue weighted by Crippen LogP contribution is -2.41. The molecule has 1 aliphatic heterocycles. The van der Waals surface area contributed by atoms with E-state index in [1.54, 1.807) is 0 Å². The standard InChI is InChI=1S/C25H48O5/c1-2-3-4-5-6-7-8-9-10-11-12-13-14-15-16-17-18-19-29-23-21-30-25(24(23)28)22(27)20-26/h11-12,22-28H,2-10,13-21H2,1H3/b12-11+/t22-,23+,24-,25-/m1/s1. The minimum Gasteiger partial charge on any atom is -0.394 e. The molecule has 1 rings (SSSR count). The Bertz CT molecular complexity index is 401. The van der Waals surface area contributed by atoms with Gasteiger partial charge < -0.3 is 24.8 Å². The Morgan fingerprint density at radius 2 is 1.40 bits per heavy atom. The Morgan fingerprint density at radius 1 is 0.867 bits per heavy atom. The zero-order valence-corrected chi connectivity index (χ0v) is 19.4. The largest absolute Gasteiger partial charge is 0.394 e. The number of ether oxygens (including phenoxy) is 2. The number of aliphatic hydroxyl groups excluding tert-OH is 3. The van der Waals surface area contributed by atoms with Crippen LogP contribution in [0.5, 0.6) is 0 Å². The quantitative estimate of drug-likeness (QED) is 0.190. The molecular weight excluding hydrogens is 380 g/mol. The zero-order chi connectivity index (χ0) is 21.9. The fourth-order valence-electron chi connectivity index (χ4n) is 3.97. The Labute approximate surface area is 184 Å². The molecule has 30 heavy (non-hydrogen) atoms. The minimum absolute atomic E-state index is 0.272. The molecule has 0 aromatic carbocycles. The molecule has 5 heteroatoms. The van der Waals surface area contributed by atoms with E-state index in [0.717, 1.165) is 12.8 Å². The van der Waals surface area contributed by atoms with Crippen molar-refractivity contribution >= 4 is 0 Å². The van der Waals surface area contributed by atoms with Crippen molar-refractivity contribution in [3.63, 3.8) is 0 Å². The van der Waals surface area contributed by atoms with E-state index < -0.39 is 31.0 Å². The lowest BCUT2D eigenvalue weighted by molar-refractivity contribution is -0.0730. The van der Waals surface area contributed by atoms with Crippen LogP contribution in [0, 0.1) is 0 Å². The van der Waals surface area contributed by atoms with E-state index >= 15 is 0 Å². The smallest absolute Gasteiger partial charge is 0.114 e. The summed E-state index contributed by atoms with van der Waals surface area (Å²) < 4.78 is 11.0. The first-order chi connectivity index (χ1) is 14.7. The summed E-state index contributed by atoms with van der Waals surface area (Å²) in [6.07, 6.45) is 21.0. The van der Waals surface area contributed by atoms with Gasteiger partial charge in [-0.3, -0.25) is 0 Å². The fraction of sp³-hybridized carbons (Fsp3) is 0.920. The maximum absolute atomic E-state index is 10.1. The molecule has 178 valence electrons. The number of allylic oxidation sites excluding steroid dienone is 2. The van der Waals surface area contributed by atoms with E-state index in [0.29, 0.717) is 6.61 Å². The summed E-state index contributed by atoms with van der Waals surface area (Å²) in [6.45, 7) is 2.73. The molecule has 3 N–H and O–H groups in total. The van der Waals surface area contributed by atoms with Crippen LogP contribution in [0.2, 0.25) is 0 Å². The number of unbranched alkanes of at least 4 members (excludes halogenated alkanes) is 13. The predicted octanol–water partition coefficient (Wildman–Crippen LogP) is 4.91. The van der Waals surface area contributed by atoms with Gasteiger partial charge in [-0.15, -0.1) is 0 Å². The van der Waals surface area contributed by atoms with Crippen LogP contribution < -0.4 is 0 Å². The van der Waals surface area contributed by atoms with Crippen LogP contribution in [0.4, 0.5) is 0 Å². The van der Waals surface area contributed by atoms with Crippen molar-refractivity contribution in [1.82, 2.24) is 0 Å². The van der Waals surface area contributed by atoms with Crippen molar-refractivity contribution < 1.29 is 24.8 Å². The van der Waals surface area contributed by atoms with Gasteiger partial charge in [0.2, 0.25) is 0 Å². The van der Waals surface area contributed by atoms with Crippen LogP contribution in [-0.2, 0) is 9.47 Å². The van der Waals surface area contributed by atoms with Crippen molar-refractivity contribution in [3.05, 3.63) is 12.2 Å². The average molecular weight is 429 g/mol. The SMILES string of the molecule is CCCCCCCCCC/C=C/CCCCCCCO[C@H]1CO[C@H]([C@H](O)CO)[C@@H]1O. The molecule has 1 heterocycles. The van der Waals surface area contributed by atoms with E-state index in [9.17, 15) is 10.2 Å². The summed E-state index contributed by atoms with van der Waals surface area (Å²) in [6, 6.07) is 0. The van der Waals surface area contributed by atoms with Gasteiger partial charge in [0.05, 0.1) is 13.2 Å². The first kappa shape index (κ1) is 27.6. The van der Waals surface area contributed by atoms with E-state index in [1.165, 1.54) is 83.5 Å². The molecule has 0 unspecified atom stereocenters. The second-order valence-corrected chi connectivity index (χ2v) is 8.74. The lowest BCUT2D eigenvalue weighted by Gasteiger charge is -2.20. The van der Waals surface area contributed by atoms with Gasteiger partial charge in [-0.05, 0) is 32.1 Å². The average Bonchev–Trinajstić information content (AvgIpc) is 3.12. The summed E-state index contributed by atoms with van der Waals surface area (Å²) in [5, 5.41) is 28.6. The van der Waals surface area contributed by atoms with Crippen molar-refractivity contribution in [3.8, 4) is 0 Å². The monoisotopic (exact) mass is 428 g/mol. The van der Waals surface area contributed by atoms with E-state index in [-0.39, 0.29) is 6.61 Å². The van der Waals surface area contributed by atoms with Gasteiger partial charge in [0, 0.05) is 6.61 Å². The second-order valence-electron chi connectivity index (χ2n) is 8.74. The molecule has 5 nitrogen and oxygen atoms in total. The van der Waals surface area contributed by atoms with Crippen LogP contribution in [-0.4, -0.2) is 59.6 Å². The highest BCUT2D eigenvalue weighted by molar-refractivity contribution is 4.88. The molecule has 0 saturated carbocycles. The maximum Gasteiger partial charge on any atom is 0.114 e. The summed E-state index contributed by atoms with van der Waals surface area (Å²) in [7, 11) is 0. The number of aliphatic hydroxyl groups is 3. The van der Waals surface area contributed by atoms with Gasteiger partial charge in [-0.2, -0.15) is 0 Å². The summed E-state index contributed by atoms with van der Waals surface area (Å²) in [5.74, 6) is 0. The van der Waals surface area contributed by atoms with Crippen LogP contribution in [0.3, 0.4) is 0 Å². The van der Waals surface area contributed by atoms with Crippen molar-refractivity contribution in [2.45, 2.75) is 128 Å². The van der Waals surface area contributed by atoms with Crippen LogP contribution >= 0.6 is 0 Å². The Hall–Kier alpha value is -0.460. The van der Waals surface area contributed by atoms with Crippen molar-refractivity contribution in [2.75, 3.05) is 19.8 Å². The lowest BCUT2D eigenvalue weighted by atomic mass is 10.1. The number of hydrogen-bond donors (Lipinski definition) is 3. The minimum atomic E-state index is -1.05. The molecule has 0 radical (unpaired) electrons. The third-order valence-electron chi connectivity index (χ3n) is 5.97. The maximum atomic E-state index is 10.1. The third-order valence-corrected chi connectivity index (χ3v) is 5.97. The van der Waals surface area contributed by atoms with Gasteiger partial charge in [0.15, 0.2) is 0 Å². The van der Waals surface area contributed by atoms with Gasteiger partial charge in [0.1, 0.15) is 24.4 Å². The third kappa shape index (κ3) is 13.1. The molecule has 1 fully saturated rings. The molecular formula is C25H48O5. The van der Waals surface area contributed by atoms with E-state index in [1.807, 2.05) is 0 Å². The van der Waals surface area contributed by atoms with Crippen molar-refractivity contribution in [2.24, 2.45) is 0 Å². The molecule has 1 aliphatic rings. The summed E-state index contributed by atoms with van der Waals surface area (Å²) >= 11 is 0. The molecule has 0 bridgehead atoms. The number of rotatable bonds is 20. The molecule has 0 aromatic rings. The highest BCUT2D eigenvalue weighted by Crippen LogP contribution is 2.20. The van der Waals surface area contributed by atoms with Gasteiger partial charge in [-0.25, -0.2) is 0 Å². The normalized spacial score (nSPS) is 22.9. The Morgan fingerprint density at radius 3 is 1.97 bits per heavy atom. The summed E-state index contributed by atoms with van der Waals surface area (Å²) in [4.78, 5) is 0. The molecule has 1 saturated heterocycles. The predicted molar refractivity (Wildman–Crippen MR) is 123 cm³/mol. The molecule has 0 aliphatic carbocycles. The van der Waals surface area contributed by atoms with Gasteiger partial charge in [0.25, 0.3) is 0 Å². The topological polar surface area (TPSA) is 79.2 Å². The van der Waals surface area contributed by atoms with Gasteiger partial charge >= 0.3 is 0 Å². The molecule has 4 atom stereocenters.